The Morgan fingerprint density at radius 3 is 2.67 bits per heavy atom. The van der Waals surface area contributed by atoms with Gasteiger partial charge in [0.15, 0.2) is 0 Å². The largest absolute Gasteiger partial charge is 0.491 e. The van der Waals surface area contributed by atoms with E-state index in [1.807, 2.05) is 6.07 Å². The van der Waals surface area contributed by atoms with Crippen molar-refractivity contribution in [2.45, 2.75) is 31.2 Å². The van der Waals surface area contributed by atoms with Crippen molar-refractivity contribution in [1.29, 1.82) is 0 Å². The monoisotopic (exact) mass is 312 g/mol. The molecule has 4 nitrogen and oxygen atoms in total. The highest BCUT2D eigenvalue weighted by atomic mass is 79.9. The van der Waals surface area contributed by atoms with Crippen LogP contribution in [0.25, 0.3) is 0 Å². The van der Waals surface area contributed by atoms with Crippen LogP contribution in [0.5, 0.6) is 5.75 Å². The number of benzene rings is 1. The number of amides is 1. The van der Waals surface area contributed by atoms with E-state index in [1.165, 1.54) is 0 Å². The van der Waals surface area contributed by atoms with E-state index < -0.39 is 5.91 Å². The Morgan fingerprint density at radius 1 is 1.39 bits per heavy atom. The molecule has 1 fully saturated rings. The minimum atomic E-state index is -0.496. The van der Waals surface area contributed by atoms with Crippen LogP contribution in [0.15, 0.2) is 22.7 Å². The molecule has 0 spiro atoms. The zero-order valence-electron chi connectivity index (χ0n) is 10.1. The molecule has 0 aliphatic heterocycles. The van der Waals surface area contributed by atoms with Crippen LogP contribution >= 0.6 is 15.9 Å². The standard InChI is InChI=1S/C13H17BrN2O2/c14-9-3-4-11(10(7-9)12(15)17)18-8-13(16)5-1-2-6-13/h3-4,7H,1-2,5-6,8,16H2,(H2,15,17). The molecule has 1 saturated carbocycles. The van der Waals surface area contributed by atoms with Gasteiger partial charge in [0, 0.05) is 4.47 Å². The van der Waals surface area contributed by atoms with Crippen molar-refractivity contribution in [2.75, 3.05) is 6.61 Å². The lowest BCUT2D eigenvalue weighted by molar-refractivity contribution is 0.0994. The van der Waals surface area contributed by atoms with Gasteiger partial charge in [0.25, 0.3) is 5.91 Å². The summed E-state index contributed by atoms with van der Waals surface area (Å²) >= 11 is 3.30. The molecule has 1 aliphatic rings. The van der Waals surface area contributed by atoms with Crippen LogP contribution < -0.4 is 16.2 Å². The third-order valence-electron chi connectivity index (χ3n) is 3.32. The Hall–Kier alpha value is -1.07. The summed E-state index contributed by atoms with van der Waals surface area (Å²) in [5.74, 6) is 0.00576. The van der Waals surface area contributed by atoms with Gasteiger partial charge in [0.1, 0.15) is 12.4 Å². The zero-order chi connectivity index (χ0) is 13.2. The van der Waals surface area contributed by atoms with Gasteiger partial charge in [0.05, 0.1) is 11.1 Å². The van der Waals surface area contributed by atoms with E-state index in [0.717, 1.165) is 30.2 Å². The third-order valence-corrected chi connectivity index (χ3v) is 3.81. The van der Waals surface area contributed by atoms with Crippen LogP contribution in [0.2, 0.25) is 0 Å². The van der Waals surface area contributed by atoms with E-state index in [1.54, 1.807) is 12.1 Å². The summed E-state index contributed by atoms with van der Waals surface area (Å²) in [7, 11) is 0. The summed E-state index contributed by atoms with van der Waals surface area (Å²) in [6, 6.07) is 5.22. The molecular formula is C13H17BrN2O2. The summed E-state index contributed by atoms with van der Waals surface area (Å²) in [5, 5.41) is 0. The van der Waals surface area contributed by atoms with Gasteiger partial charge in [-0.15, -0.1) is 0 Å². The van der Waals surface area contributed by atoms with Crippen molar-refractivity contribution in [3.8, 4) is 5.75 Å². The maximum absolute atomic E-state index is 11.3. The van der Waals surface area contributed by atoms with Crippen LogP contribution in [0, 0.1) is 0 Å². The van der Waals surface area contributed by atoms with Crippen LogP contribution in [0.3, 0.4) is 0 Å². The lowest BCUT2D eigenvalue weighted by Crippen LogP contribution is -2.42. The van der Waals surface area contributed by atoms with Crippen molar-refractivity contribution in [3.63, 3.8) is 0 Å². The van der Waals surface area contributed by atoms with Crippen LogP contribution in [-0.2, 0) is 0 Å². The predicted octanol–water partition coefficient (Wildman–Crippen LogP) is 2.20. The molecule has 0 heterocycles. The molecule has 1 aliphatic carbocycles. The summed E-state index contributed by atoms with van der Waals surface area (Å²) in [6.07, 6.45) is 4.22. The van der Waals surface area contributed by atoms with E-state index in [0.29, 0.717) is 17.9 Å². The molecule has 0 atom stereocenters. The first-order valence-corrected chi connectivity index (χ1v) is 6.80. The predicted molar refractivity (Wildman–Crippen MR) is 73.5 cm³/mol. The van der Waals surface area contributed by atoms with Gasteiger partial charge in [-0.2, -0.15) is 0 Å². The minimum absolute atomic E-state index is 0.262. The molecule has 4 N–H and O–H groups in total. The highest BCUT2D eigenvalue weighted by Crippen LogP contribution is 2.29. The second-order valence-electron chi connectivity index (χ2n) is 4.86. The number of nitrogens with two attached hydrogens (primary N) is 2. The van der Waals surface area contributed by atoms with E-state index >= 15 is 0 Å². The Balaban J connectivity index is 2.11. The average Bonchev–Trinajstić information content (AvgIpc) is 2.75. The Bertz CT molecular complexity index is 456. The summed E-state index contributed by atoms with van der Waals surface area (Å²) < 4.78 is 6.49. The van der Waals surface area contributed by atoms with Crippen molar-refractivity contribution in [1.82, 2.24) is 0 Å². The number of halogens is 1. The molecule has 1 amide bonds. The van der Waals surface area contributed by atoms with E-state index in [-0.39, 0.29) is 5.54 Å². The maximum Gasteiger partial charge on any atom is 0.252 e. The molecule has 0 radical (unpaired) electrons. The van der Waals surface area contributed by atoms with Crippen molar-refractivity contribution < 1.29 is 9.53 Å². The summed E-state index contributed by atoms with van der Waals surface area (Å²) in [6.45, 7) is 0.426. The molecule has 98 valence electrons. The Kier molecular flexibility index (Phi) is 3.92. The van der Waals surface area contributed by atoms with E-state index in [4.69, 9.17) is 16.2 Å². The smallest absolute Gasteiger partial charge is 0.252 e. The first-order valence-electron chi connectivity index (χ1n) is 6.01. The number of hydrogen-bond donors (Lipinski definition) is 2. The molecule has 18 heavy (non-hydrogen) atoms. The van der Waals surface area contributed by atoms with Gasteiger partial charge in [-0.1, -0.05) is 28.8 Å². The fraction of sp³-hybridized carbons (Fsp3) is 0.462. The Morgan fingerprint density at radius 2 is 2.06 bits per heavy atom. The van der Waals surface area contributed by atoms with Crippen molar-refractivity contribution in [2.24, 2.45) is 11.5 Å². The minimum Gasteiger partial charge on any atom is -0.491 e. The molecule has 0 saturated heterocycles. The molecule has 1 aromatic carbocycles. The topological polar surface area (TPSA) is 78.3 Å². The quantitative estimate of drug-likeness (QED) is 0.894. The Labute approximate surface area is 115 Å². The number of carbonyl (C=O) groups excluding carboxylic acids is 1. The first-order chi connectivity index (χ1) is 8.50. The molecule has 2 rings (SSSR count). The van der Waals surface area contributed by atoms with E-state index in [9.17, 15) is 4.79 Å². The number of hydrogen-bond acceptors (Lipinski definition) is 3. The van der Waals surface area contributed by atoms with Gasteiger partial charge in [-0.05, 0) is 31.0 Å². The van der Waals surface area contributed by atoms with Gasteiger partial charge in [-0.25, -0.2) is 0 Å². The third kappa shape index (κ3) is 3.03. The second kappa shape index (κ2) is 5.28. The number of rotatable bonds is 4. The maximum atomic E-state index is 11.3. The summed E-state index contributed by atoms with van der Waals surface area (Å²) in [4.78, 5) is 11.3. The van der Waals surface area contributed by atoms with Crippen LogP contribution in [0.1, 0.15) is 36.0 Å². The zero-order valence-corrected chi connectivity index (χ0v) is 11.7. The van der Waals surface area contributed by atoms with Gasteiger partial charge in [-0.3, -0.25) is 4.79 Å². The lowest BCUT2D eigenvalue weighted by Gasteiger charge is -2.24. The molecular weight excluding hydrogens is 296 g/mol. The normalized spacial score (nSPS) is 17.7. The molecule has 0 aromatic heterocycles. The average molecular weight is 313 g/mol. The van der Waals surface area contributed by atoms with Gasteiger partial charge in [0.2, 0.25) is 0 Å². The second-order valence-corrected chi connectivity index (χ2v) is 5.78. The van der Waals surface area contributed by atoms with E-state index in [2.05, 4.69) is 15.9 Å². The van der Waals surface area contributed by atoms with Crippen molar-refractivity contribution in [3.05, 3.63) is 28.2 Å². The number of primary amides is 1. The lowest BCUT2D eigenvalue weighted by atomic mass is 10.0. The van der Waals surface area contributed by atoms with Crippen molar-refractivity contribution >= 4 is 21.8 Å². The first kappa shape index (κ1) is 13.4. The van der Waals surface area contributed by atoms with Gasteiger partial charge < -0.3 is 16.2 Å². The fourth-order valence-corrected chi connectivity index (χ4v) is 2.63. The molecule has 5 heteroatoms. The number of carbonyl (C=O) groups is 1. The molecule has 0 bridgehead atoms. The number of ether oxygens (including phenoxy) is 1. The van der Waals surface area contributed by atoms with Gasteiger partial charge >= 0.3 is 0 Å². The molecule has 1 aromatic rings. The molecule has 0 unspecified atom stereocenters. The summed E-state index contributed by atoms with van der Waals surface area (Å²) in [5.41, 5.74) is 11.7. The van der Waals surface area contributed by atoms with Crippen LogP contribution in [-0.4, -0.2) is 18.1 Å². The highest BCUT2D eigenvalue weighted by Gasteiger charge is 2.30. The van der Waals surface area contributed by atoms with Crippen LogP contribution in [0.4, 0.5) is 0 Å². The SMILES string of the molecule is NC(=O)c1cc(Br)ccc1OCC1(N)CCCC1. The fourth-order valence-electron chi connectivity index (χ4n) is 2.27. The highest BCUT2D eigenvalue weighted by molar-refractivity contribution is 9.10.